The highest BCUT2D eigenvalue weighted by Gasteiger charge is 2.33. The van der Waals surface area contributed by atoms with E-state index in [-0.39, 0.29) is 12.1 Å². The number of aromatic nitrogens is 4. The van der Waals surface area contributed by atoms with Crippen molar-refractivity contribution in [3.05, 3.63) is 59.5 Å². The van der Waals surface area contributed by atoms with E-state index in [4.69, 9.17) is 11.6 Å². The molecule has 3 aromatic rings. The zero-order valence-corrected chi connectivity index (χ0v) is 16.0. The second-order valence-corrected chi connectivity index (χ2v) is 7.71. The van der Waals surface area contributed by atoms with Crippen LogP contribution in [0.2, 0.25) is 5.02 Å². The Labute approximate surface area is 163 Å². The zero-order valence-electron chi connectivity index (χ0n) is 15.3. The molecule has 0 amide bonds. The standard InChI is InChI=1S/C20H24ClN5O/c1-25-19(6-7-23-25)17-5-3-2-4-15(17)10-22-18-8-14(9-20(18)27)12-26-13-16(21)11-24-26/h2-7,11,13-14,18,20,22,27H,8-10,12H2,1H3/t14?,18-,20-/m1/s1. The quantitative estimate of drug-likeness (QED) is 0.684. The van der Waals surface area contributed by atoms with Crippen molar-refractivity contribution in [2.75, 3.05) is 0 Å². The number of nitrogens with zero attached hydrogens (tertiary/aromatic N) is 4. The van der Waals surface area contributed by atoms with Crippen molar-refractivity contribution in [1.82, 2.24) is 24.9 Å². The predicted molar refractivity (Wildman–Crippen MR) is 105 cm³/mol. The van der Waals surface area contributed by atoms with Crippen molar-refractivity contribution in [2.45, 2.75) is 38.1 Å². The predicted octanol–water partition coefficient (Wildman–Crippen LogP) is 2.87. The van der Waals surface area contributed by atoms with Gasteiger partial charge < -0.3 is 10.4 Å². The molecule has 2 aromatic heterocycles. The first-order valence-corrected chi connectivity index (χ1v) is 9.63. The van der Waals surface area contributed by atoms with E-state index in [1.54, 1.807) is 6.20 Å². The van der Waals surface area contributed by atoms with Gasteiger partial charge in [0.2, 0.25) is 0 Å². The summed E-state index contributed by atoms with van der Waals surface area (Å²) in [6.45, 7) is 1.50. The van der Waals surface area contributed by atoms with Crippen LogP contribution >= 0.6 is 11.6 Å². The van der Waals surface area contributed by atoms with Gasteiger partial charge in [0.1, 0.15) is 0 Å². The maximum absolute atomic E-state index is 10.5. The Bertz CT molecular complexity index is 905. The van der Waals surface area contributed by atoms with Gasteiger partial charge in [-0.25, -0.2) is 0 Å². The summed E-state index contributed by atoms with van der Waals surface area (Å²) in [5, 5.41) is 23.2. The summed E-state index contributed by atoms with van der Waals surface area (Å²) >= 11 is 5.94. The van der Waals surface area contributed by atoms with E-state index in [2.05, 4.69) is 27.6 Å². The molecule has 4 rings (SSSR count). The van der Waals surface area contributed by atoms with Crippen molar-refractivity contribution in [2.24, 2.45) is 13.0 Å². The van der Waals surface area contributed by atoms with Crippen LogP contribution in [0.4, 0.5) is 0 Å². The molecule has 0 saturated heterocycles. The Morgan fingerprint density at radius 2 is 2.07 bits per heavy atom. The molecule has 0 bridgehead atoms. The van der Waals surface area contributed by atoms with Gasteiger partial charge in [0.05, 0.1) is 23.0 Å². The lowest BCUT2D eigenvalue weighted by molar-refractivity contribution is 0.145. The molecule has 1 aliphatic carbocycles. The summed E-state index contributed by atoms with van der Waals surface area (Å²) in [5.41, 5.74) is 3.46. The number of nitrogens with one attached hydrogen (secondary N) is 1. The van der Waals surface area contributed by atoms with Gasteiger partial charge in [-0.05, 0) is 30.4 Å². The third kappa shape index (κ3) is 4.08. The Morgan fingerprint density at radius 3 is 2.81 bits per heavy atom. The van der Waals surface area contributed by atoms with Crippen LogP contribution in [0.1, 0.15) is 18.4 Å². The topological polar surface area (TPSA) is 67.9 Å². The van der Waals surface area contributed by atoms with E-state index in [9.17, 15) is 5.11 Å². The SMILES string of the molecule is Cn1nccc1-c1ccccc1CN[C@@H]1CC(Cn2cc(Cl)cn2)C[C@H]1O. The first-order valence-electron chi connectivity index (χ1n) is 9.26. The van der Waals surface area contributed by atoms with E-state index in [1.165, 1.54) is 11.1 Å². The van der Waals surface area contributed by atoms with Gasteiger partial charge in [-0.1, -0.05) is 35.9 Å². The highest BCUT2D eigenvalue weighted by molar-refractivity contribution is 6.30. The largest absolute Gasteiger partial charge is 0.391 e. The minimum absolute atomic E-state index is 0.0839. The summed E-state index contributed by atoms with van der Waals surface area (Å²) in [7, 11) is 1.95. The second-order valence-electron chi connectivity index (χ2n) is 7.27. The molecule has 1 saturated carbocycles. The van der Waals surface area contributed by atoms with Crippen molar-refractivity contribution >= 4 is 11.6 Å². The van der Waals surface area contributed by atoms with E-state index in [0.29, 0.717) is 17.5 Å². The first-order chi connectivity index (χ1) is 13.1. The van der Waals surface area contributed by atoms with Crippen LogP contribution in [0, 0.1) is 5.92 Å². The number of rotatable bonds is 6. The molecule has 27 heavy (non-hydrogen) atoms. The molecule has 1 unspecified atom stereocenters. The minimum Gasteiger partial charge on any atom is -0.391 e. The lowest BCUT2D eigenvalue weighted by atomic mass is 10.0. The molecule has 2 heterocycles. The Hall–Kier alpha value is -2.15. The highest BCUT2D eigenvalue weighted by atomic mass is 35.5. The van der Waals surface area contributed by atoms with Gasteiger partial charge in [-0.15, -0.1) is 0 Å². The number of hydrogen-bond acceptors (Lipinski definition) is 4. The van der Waals surface area contributed by atoms with Crippen LogP contribution < -0.4 is 5.32 Å². The number of halogens is 1. The maximum atomic E-state index is 10.5. The van der Waals surface area contributed by atoms with Gasteiger partial charge in [0.25, 0.3) is 0 Å². The normalized spacial score (nSPS) is 22.4. The maximum Gasteiger partial charge on any atom is 0.0785 e. The van der Waals surface area contributed by atoms with E-state index in [0.717, 1.165) is 25.1 Å². The van der Waals surface area contributed by atoms with Crippen molar-refractivity contribution in [3.63, 3.8) is 0 Å². The van der Waals surface area contributed by atoms with E-state index >= 15 is 0 Å². The zero-order chi connectivity index (χ0) is 18.8. The van der Waals surface area contributed by atoms with Crippen LogP contribution in [0.15, 0.2) is 48.9 Å². The third-order valence-electron chi connectivity index (χ3n) is 5.34. The fraction of sp³-hybridized carbons (Fsp3) is 0.400. The molecule has 0 aliphatic heterocycles. The molecule has 7 heteroatoms. The number of aryl methyl sites for hydroxylation is 1. The number of benzene rings is 1. The molecule has 0 radical (unpaired) electrons. The van der Waals surface area contributed by atoms with Crippen LogP contribution in [-0.4, -0.2) is 36.8 Å². The smallest absolute Gasteiger partial charge is 0.0785 e. The molecular formula is C20H24ClN5O. The van der Waals surface area contributed by atoms with E-state index < -0.39 is 0 Å². The molecular weight excluding hydrogens is 362 g/mol. The molecule has 1 aromatic carbocycles. The number of aliphatic hydroxyl groups excluding tert-OH is 1. The van der Waals surface area contributed by atoms with Crippen molar-refractivity contribution in [1.29, 1.82) is 0 Å². The lowest BCUT2D eigenvalue weighted by Gasteiger charge is -2.18. The molecule has 3 atom stereocenters. The van der Waals surface area contributed by atoms with Crippen LogP contribution in [0.3, 0.4) is 0 Å². The highest BCUT2D eigenvalue weighted by Crippen LogP contribution is 2.29. The molecule has 142 valence electrons. The fourth-order valence-corrected chi connectivity index (χ4v) is 4.15. The Kier molecular flexibility index (Phi) is 5.29. The fourth-order valence-electron chi connectivity index (χ4n) is 3.99. The number of aliphatic hydroxyl groups is 1. The monoisotopic (exact) mass is 385 g/mol. The molecule has 6 nitrogen and oxygen atoms in total. The molecule has 2 N–H and O–H groups in total. The first kappa shape index (κ1) is 18.2. The van der Waals surface area contributed by atoms with Crippen LogP contribution in [0.25, 0.3) is 11.3 Å². The Balaban J connectivity index is 1.40. The van der Waals surface area contributed by atoms with Crippen LogP contribution in [-0.2, 0) is 20.1 Å². The number of hydrogen-bond donors (Lipinski definition) is 2. The van der Waals surface area contributed by atoms with Crippen molar-refractivity contribution in [3.8, 4) is 11.3 Å². The third-order valence-corrected chi connectivity index (χ3v) is 5.54. The van der Waals surface area contributed by atoms with Gasteiger partial charge in [-0.3, -0.25) is 9.36 Å². The summed E-state index contributed by atoms with van der Waals surface area (Å²) in [4.78, 5) is 0. The average molecular weight is 386 g/mol. The Morgan fingerprint density at radius 1 is 1.22 bits per heavy atom. The molecule has 1 fully saturated rings. The van der Waals surface area contributed by atoms with Crippen LogP contribution in [0.5, 0.6) is 0 Å². The summed E-state index contributed by atoms with van der Waals surface area (Å²) in [6.07, 6.45) is 6.65. The van der Waals surface area contributed by atoms with Crippen molar-refractivity contribution < 1.29 is 5.11 Å². The molecule has 0 spiro atoms. The van der Waals surface area contributed by atoms with Gasteiger partial charge in [0, 0.05) is 44.1 Å². The van der Waals surface area contributed by atoms with Gasteiger partial charge in [0.15, 0.2) is 0 Å². The lowest BCUT2D eigenvalue weighted by Crippen LogP contribution is -2.35. The van der Waals surface area contributed by atoms with Gasteiger partial charge in [-0.2, -0.15) is 10.2 Å². The summed E-state index contributed by atoms with van der Waals surface area (Å²) < 4.78 is 3.74. The van der Waals surface area contributed by atoms with Gasteiger partial charge >= 0.3 is 0 Å². The average Bonchev–Trinajstić information content (AvgIpc) is 3.35. The minimum atomic E-state index is -0.343. The molecule has 1 aliphatic rings. The summed E-state index contributed by atoms with van der Waals surface area (Å²) in [5.74, 6) is 0.390. The second kappa shape index (κ2) is 7.84. The summed E-state index contributed by atoms with van der Waals surface area (Å²) in [6, 6.07) is 10.4. The van der Waals surface area contributed by atoms with E-state index in [1.807, 2.05) is 47.0 Å².